The van der Waals surface area contributed by atoms with Crippen molar-refractivity contribution < 1.29 is 32.2 Å². The van der Waals surface area contributed by atoms with E-state index >= 15 is 0 Å². The Kier molecular flexibility index (Phi) is 4.50. The van der Waals surface area contributed by atoms with Crippen LogP contribution in [0.1, 0.15) is 50.7 Å². The number of ketones is 1. The maximum absolute atomic E-state index is 13.0. The van der Waals surface area contributed by atoms with E-state index < -0.39 is 46.7 Å². The first-order valence-electron chi connectivity index (χ1n) is 8.66. The van der Waals surface area contributed by atoms with Crippen molar-refractivity contribution in [1.29, 1.82) is 0 Å². The molecule has 0 aliphatic carbocycles. The Labute approximate surface area is 155 Å². The average Bonchev–Trinajstić information content (AvgIpc) is 2.79. The van der Waals surface area contributed by atoms with Crippen molar-refractivity contribution in [3.63, 3.8) is 0 Å². The number of carbonyl (C=O) groups is 2. The fourth-order valence-corrected chi connectivity index (χ4v) is 3.68. The molecule has 2 aliphatic rings. The van der Waals surface area contributed by atoms with E-state index in [1.807, 2.05) is 0 Å². The van der Waals surface area contributed by atoms with Crippen LogP contribution in [0.3, 0.4) is 0 Å². The minimum atomic E-state index is -4.48. The number of carbonyl (C=O) groups excluding carboxylic acids is 2. The van der Waals surface area contributed by atoms with E-state index in [4.69, 9.17) is 9.47 Å². The van der Waals surface area contributed by atoms with Gasteiger partial charge in [0.15, 0.2) is 5.78 Å². The van der Waals surface area contributed by atoms with Crippen LogP contribution in [0.4, 0.5) is 13.2 Å². The molecule has 4 nitrogen and oxygen atoms in total. The molecule has 0 radical (unpaired) electrons. The number of halogens is 3. The predicted octanol–water partition coefficient (Wildman–Crippen LogP) is 4.19. The molecule has 3 atom stereocenters. The fraction of sp³-hybridized carbons (Fsp3) is 0.500. The van der Waals surface area contributed by atoms with E-state index in [1.165, 1.54) is 12.1 Å². The van der Waals surface area contributed by atoms with Crippen LogP contribution in [0.5, 0.6) is 0 Å². The molecule has 7 heteroatoms. The number of hydrogen-bond acceptors (Lipinski definition) is 4. The molecule has 3 rings (SSSR count). The molecule has 2 saturated heterocycles. The third-order valence-electron chi connectivity index (χ3n) is 4.84. The van der Waals surface area contributed by atoms with Crippen molar-refractivity contribution in [3.05, 3.63) is 47.5 Å². The number of hydrogen-bond donors (Lipinski definition) is 0. The van der Waals surface area contributed by atoms with Crippen LogP contribution in [0.25, 0.3) is 0 Å². The minimum Gasteiger partial charge on any atom is -0.457 e. The van der Waals surface area contributed by atoms with Gasteiger partial charge in [0.2, 0.25) is 5.60 Å². The number of alkyl halides is 3. The Morgan fingerprint density at radius 3 is 2.33 bits per heavy atom. The van der Waals surface area contributed by atoms with Crippen LogP contribution in [0.2, 0.25) is 0 Å². The molecule has 0 spiro atoms. The van der Waals surface area contributed by atoms with Crippen molar-refractivity contribution in [3.8, 4) is 0 Å². The topological polar surface area (TPSA) is 52.6 Å². The summed E-state index contributed by atoms with van der Waals surface area (Å²) in [6.07, 6.45) is -4.47. The van der Waals surface area contributed by atoms with Gasteiger partial charge < -0.3 is 9.47 Å². The Morgan fingerprint density at radius 1 is 1.22 bits per heavy atom. The first-order valence-corrected chi connectivity index (χ1v) is 8.66. The number of esters is 1. The van der Waals surface area contributed by atoms with Crippen molar-refractivity contribution in [2.75, 3.05) is 0 Å². The standard InChI is InChI=1S/C20H21F3O4/c1-11-14-9-10-15(24)19(26-14,17(25)27-18(2,3)4)16(11)12-5-7-13(8-6-12)20(21,22)23/h5-8,14,16H,1,9-10H2,2-4H3/t14-,16+,19+/m1/s1. The molecule has 0 amide bonds. The monoisotopic (exact) mass is 382 g/mol. The van der Waals surface area contributed by atoms with Gasteiger partial charge in [-0.1, -0.05) is 18.7 Å². The summed E-state index contributed by atoms with van der Waals surface area (Å²) in [5, 5.41) is 0. The lowest BCUT2D eigenvalue weighted by atomic mass is 9.77. The third-order valence-corrected chi connectivity index (χ3v) is 4.84. The summed E-state index contributed by atoms with van der Waals surface area (Å²) < 4.78 is 49.9. The molecule has 146 valence electrons. The van der Waals surface area contributed by atoms with E-state index in [0.717, 1.165) is 12.1 Å². The highest BCUT2D eigenvalue weighted by molar-refractivity contribution is 6.10. The smallest absolute Gasteiger partial charge is 0.416 e. The number of fused-ring (bicyclic) bond motifs is 2. The number of ether oxygens (including phenoxy) is 2. The first kappa shape index (κ1) is 19.6. The zero-order valence-electron chi connectivity index (χ0n) is 15.4. The highest BCUT2D eigenvalue weighted by atomic mass is 19.4. The Hall–Kier alpha value is -2.15. The maximum atomic E-state index is 13.0. The van der Waals surface area contributed by atoms with Crippen LogP contribution >= 0.6 is 0 Å². The molecule has 2 heterocycles. The summed E-state index contributed by atoms with van der Waals surface area (Å²) in [4.78, 5) is 25.8. The quantitative estimate of drug-likeness (QED) is 0.437. The molecule has 0 aromatic heterocycles. The number of rotatable bonds is 2. The summed E-state index contributed by atoms with van der Waals surface area (Å²) in [7, 11) is 0. The Bertz CT molecular complexity index is 789. The third kappa shape index (κ3) is 3.29. The summed E-state index contributed by atoms with van der Waals surface area (Å²) >= 11 is 0. The van der Waals surface area contributed by atoms with E-state index in [1.54, 1.807) is 20.8 Å². The van der Waals surface area contributed by atoms with Gasteiger partial charge in [-0.05, 0) is 50.5 Å². The van der Waals surface area contributed by atoms with Gasteiger partial charge >= 0.3 is 12.1 Å². The summed E-state index contributed by atoms with van der Waals surface area (Å²) in [6, 6.07) is 4.39. The van der Waals surface area contributed by atoms with Gasteiger partial charge in [0.1, 0.15) is 5.60 Å². The molecule has 0 unspecified atom stereocenters. The fourth-order valence-electron chi connectivity index (χ4n) is 3.68. The van der Waals surface area contributed by atoms with E-state index in [0.29, 0.717) is 17.6 Å². The lowest BCUT2D eigenvalue weighted by Crippen LogP contribution is -2.54. The first-order chi connectivity index (χ1) is 12.4. The molecule has 1 aromatic rings. The molecule has 0 N–H and O–H groups in total. The highest BCUT2D eigenvalue weighted by Gasteiger charge is 2.65. The molecule has 27 heavy (non-hydrogen) atoms. The van der Waals surface area contributed by atoms with Crippen LogP contribution in [-0.2, 0) is 25.2 Å². The molecule has 0 saturated carbocycles. The zero-order chi connectivity index (χ0) is 20.2. The van der Waals surface area contributed by atoms with Gasteiger partial charge in [-0.3, -0.25) is 4.79 Å². The summed E-state index contributed by atoms with van der Waals surface area (Å²) in [6.45, 7) is 8.99. The van der Waals surface area contributed by atoms with Gasteiger partial charge in [0.05, 0.1) is 17.6 Å². The van der Waals surface area contributed by atoms with E-state index in [9.17, 15) is 22.8 Å². The summed E-state index contributed by atoms with van der Waals surface area (Å²) in [5.41, 5.74) is -2.68. The lowest BCUT2D eigenvalue weighted by Gasteiger charge is -2.35. The van der Waals surface area contributed by atoms with Crippen molar-refractivity contribution >= 4 is 11.8 Å². The van der Waals surface area contributed by atoms with Gasteiger partial charge in [-0.15, -0.1) is 0 Å². The maximum Gasteiger partial charge on any atom is 0.416 e. The molecule has 1 aromatic carbocycles. The van der Waals surface area contributed by atoms with Crippen LogP contribution in [0.15, 0.2) is 36.4 Å². The van der Waals surface area contributed by atoms with E-state index in [2.05, 4.69) is 6.58 Å². The Morgan fingerprint density at radius 2 is 1.81 bits per heavy atom. The van der Waals surface area contributed by atoms with Gasteiger partial charge in [0.25, 0.3) is 0 Å². The Balaban J connectivity index is 2.07. The normalized spacial score (nSPS) is 28.4. The van der Waals surface area contributed by atoms with Crippen molar-refractivity contribution in [2.24, 2.45) is 0 Å². The SMILES string of the molecule is C=C1[C@H]2CCC(=O)[C@](C(=O)OC(C)(C)C)(O2)[C@@H]1c1ccc(C(F)(F)F)cc1. The largest absolute Gasteiger partial charge is 0.457 e. The minimum absolute atomic E-state index is 0.125. The van der Waals surface area contributed by atoms with Crippen LogP contribution in [-0.4, -0.2) is 29.1 Å². The highest BCUT2D eigenvalue weighted by Crippen LogP contribution is 2.52. The van der Waals surface area contributed by atoms with Gasteiger partial charge in [0, 0.05) is 6.42 Å². The molecular formula is C20H21F3O4. The molecular weight excluding hydrogens is 361 g/mol. The van der Waals surface area contributed by atoms with Crippen LogP contribution < -0.4 is 0 Å². The van der Waals surface area contributed by atoms with Crippen molar-refractivity contribution in [1.82, 2.24) is 0 Å². The second kappa shape index (κ2) is 6.19. The molecule has 2 fully saturated rings. The number of Topliss-reactive ketones (excluding diaryl/α,β-unsaturated/α-hetero) is 1. The summed E-state index contributed by atoms with van der Waals surface area (Å²) in [5.74, 6) is -2.14. The van der Waals surface area contributed by atoms with Gasteiger partial charge in [-0.25, -0.2) is 4.79 Å². The van der Waals surface area contributed by atoms with Crippen molar-refractivity contribution in [2.45, 2.75) is 63.0 Å². The van der Waals surface area contributed by atoms with Crippen LogP contribution in [0, 0.1) is 0 Å². The molecule has 2 aliphatic heterocycles. The second-order valence-electron chi connectivity index (χ2n) is 7.93. The zero-order valence-corrected chi connectivity index (χ0v) is 15.4. The second-order valence-corrected chi connectivity index (χ2v) is 7.93. The predicted molar refractivity (Wildman–Crippen MR) is 91.0 cm³/mol. The van der Waals surface area contributed by atoms with Gasteiger partial charge in [-0.2, -0.15) is 13.2 Å². The lowest BCUT2D eigenvalue weighted by molar-refractivity contribution is -0.190. The number of benzene rings is 1. The molecule has 2 bridgehead atoms. The van der Waals surface area contributed by atoms with E-state index in [-0.39, 0.29) is 6.42 Å². The average molecular weight is 382 g/mol.